The third kappa shape index (κ3) is 5.39. The molecule has 2 aromatic carbocycles. The lowest BCUT2D eigenvalue weighted by molar-refractivity contribution is 0.102. The Kier molecular flexibility index (Phi) is 6.82. The average molecular weight is 326 g/mol. The van der Waals surface area contributed by atoms with Gasteiger partial charge in [0, 0.05) is 17.8 Å². The summed E-state index contributed by atoms with van der Waals surface area (Å²) in [6.07, 6.45) is 0. The molecule has 0 bridgehead atoms. The van der Waals surface area contributed by atoms with Crippen LogP contribution < -0.4 is 15.4 Å². The molecule has 0 aliphatic rings. The molecule has 0 unspecified atom stereocenters. The van der Waals surface area contributed by atoms with Gasteiger partial charge in [-0.15, -0.1) is 0 Å². The number of rotatable bonds is 8. The van der Waals surface area contributed by atoms with Gasteiger partial charge in [0.15, 0.2) is 0 Å². The molecule has 0 saturated carbocycles. The smallest absolute Gasteiger partial charge is 0.255 e. The van der Waals surface area contributed by atoms with E-state index in [-0.39, 0.29) is 5.91 Å². The minimum atomic E-state index is -0.131. The highest BCUT2D eigenvalue weighted by atomic mass is 16.5. The van der Waals surface area contributed by atoms with E-state index < -0.39 is 0 Å². The largest absolute Gasteiger partial charge is 0.493 e. The number of para-hydroxylation sites is 1. The summed E-state index contributed by atoms with van der Waals surface area (Å²) in [7, 11) is 0. The number of nitrogens with one attached hydrogen (secondary N) is 2. The zero-order valence-electron chi connectivity index (χ0n) is 14.6. The molecule has 0 spiro atoms. The molecular formula is C20H26N2O2. The molecule has 0 aliphatic carbocycles. The zero-order valence-corrected chi connectivity index (χ0v) is 14.6. The molecule has 4 heteroatoms. The zero-order chi connectivity index (χ0) is 17.4. The lowest BCUT2D eigenvalue weighted by atomic mass is 10.1. The topological polar surface area (TPSA) is 50.4 Å². The number of anilines is 1. The van der Waals surface area contributed by atoms with E-state index in [0.29, 0.717) is 18.1 Å². The average Bonchev–Trinajstić information content (AvgIpc) is 2.59. The molecule has 1 amide bonds. The van der Waals surface area contributed by atoms with Gasteiger partial charge in [0.1, 0.15) is 5.75 Å². The number of benzene rings is 2. The van der Waals surface area contributed by atoms with Crippen LogP contribution in [-0.2, 0) is 6.54 Å². The second-order valence-electron chi connectivity index (χ2n) is 6.12. The summed E-state index contributed by atoms with van der Waals surface area (Å²) in [6.45, 7) is 8.50. The molecule has 2 N–H and O–H groups in total. The van der Waals surface area contributed by atoms with Crippen molar-refractivity contribution >= 4 is 11.6 Å². The SMILES string of the molecule is CCNCc1ccccc1NC(=O)c1cccc(OCC(C)C)c1. The molecule has 0 radical (unpaired) electrons. The highest BCUT2D eigenvalue weighted by Gasteiger charge is 2.10. The Balaban J connectivity index is 2.08. The molecule has 0 saturated heterocycles. The quantitative estimate of drug-likeness (QED) is 0.768. The molecule has 0 fully saturated rings. The van der Waals surface area contributed by atoms with Crippen LogP contribution in [0.15, 0.2) is 48.5 Å². The first-order valence-electron chi connectivity index (χ1n) is 8.43. The minimum Gasteiger partial charge on any atom is -0.493 e. The Bertz CT molecular complexity index is 668. The number of hydrogen-bond donors (Lipinski definition) is 2. The van der Waals surface area contributed by atoms with Crippen LogP contribution in [0.25, 0.3) is 0 Å². The summed E-state index contributed by atoms with van der Waals surface area (Å²) < 4.78 is 5.70. The molecule has 0 atom stereocenters. The monoisotopic (exact) mass is 326 g/mol. The Morgan fingerprint density at radius 1 is 1.12 bits per heavy atom. The fraction of sp³-hybridized carbons (Fsp3) is 0.350. The van der Waals surface area contributed by atoms with Crippen molar-refractivity contribution in [1.82, 2.24) is 5.32 Å². The van der Waals surface area contributed by atoms with Gasteiger partial charge in [0.2, 0.25) is 0 Å². The standard InChI is InChI=1S/C20H26N2O2/c1-4-21-13-17-8-5-6-11-19(17)22-20(23)16-9-7-10-18(12-16)24-14-15(2)3/h5-12,15,21H,4,13-14H2,1-3H3,(H,22,23). The van der Waals surface area contributed by atoms with E-state index in [2.05, 4.69) is 31.4 Å². The van der Waals surface area contributed by atoms with Crippen molar-refractivity contribution in [3.8, 4) is 5.75 Å². The molecule has 0 aliphatic heterocycles. The van der Waals surface area contributed by atoms with Gasteiger partial charge in [-0.25, -0.2) is 0 Å². The number of carbonyl (C=O) groups excluding carboxylic acids is 1. The summed E-state index contributed by atoms with van der Waals surface area (Å²) in [6, 6.07) is 15.1. The first-order chi connectivity index (χ1) is 11.6. The van der Waals surface area contributed by atoms with Gasteiger partial charge in [-0.3, -0.25) is 4.79 Å². The summed E-state index contributed by atoms with van der Waals surface area (Å²) in [4.78, 5) is 12.5. The first-order valence-corrected chi connectivity index (χ1v) is 8.43. The molecule has 2 aromatic rings. The second-order valence-corrected chi connectivity index (χ2v) is 6.12. The van der Waals surface area contributed by atoms with Crippen molar-refractivity contribution in [2.75, 3.05) is 18.5 Å². The van der Waals surface area contributed by atoms with Crippen molar-refractivity contribution in [3.63, 3.8) is 0 Å². The van der Waals surface area contributed by atoms with Gasteiger partial charge in [-0.2, -0.15) is 0 Å². The molecule has 0 heterocycles. The predicted octanol–water partition coefficient (Wildman–Crippen LogP) is 4.08. The summed E-state index contributed by atoms with van der Waals surface area (Å²) >= 11 is 0. The van der Waals surface area contributed by atoms with Gasteiger partial charge < -0.3 is 15.4 Å². The predicted molar refractivity (Wildman–Crippen MR) is 98.6 cm³/mol. The van der Waals surface area contributed by atoms with Crippen molar-refractivity contribution in [1.29, 1.82) is 0 Å². The fourth-order valence-electron chi connectivity index (χ4n) is 2.24. The maximum absolute atomic E-state index is 12.5. The molecule has 4 nitrogen and oxygen atoms in total. The third-order valence-electron chi connectivity index (χ3n) is 3.51. The van der Waals surface area contributed by atoms with Gasteiger partial charge in [-0.05, 0) is 42.3 Å². The van der Waals surface area contributed by atoms with E-state index in [1.54, 1.807) is 12.1 Å². The molecule has 24 heavy (non-hydrogen) atoms. The van der Waals surface area contributed by atoms with Crippen LogP contribution in [0.3, 0.4) is 0 Å². The molecule has 2 rings (SSSR count). The summed E-state index contributed by atoms with van der Waals surface area (Å²) in [5, 5.41) is 6.28. The Labute approximate surface area is 144 Å². The van der Waals surface area contributed by atoms with Gasteiger partial charge in [-0.1, -0.05) is 45.0 Å². The van der Waals surface area contributed by atoms with Crippen LogP contribution in [0.5, 0.6) is 5.75 Å². The Hall–Kier alpha value is -2.33. The van der Waals surface area contributed by atoms with Crippen LogP contribution in [0.1, 0.15) is 36.7 Å². The van der Waals surface area contributed by atoms with Crippen LogP contribution in [0.2, 0.25) is 0 Å². The lowest BCUT2D eigenvalue weighted by Crippen LogP contribution is -2.17. The van der Waals surface area contributed by atoms with Gasteiger partial charge in [0.25, 0.3) is 5.91 Å². The van der Waals surface area contributed by atoms with E-state index in [4.69, 9.17) is 4.74 Å². The Morgan fingerprint density at radius 3 is 2.67 bits per heavy atom. The van der Waals surface area contributed by atoms with Crippen molar-refractivity contribution < 1.29 is 9.53 Å². The van der Waals surface area contributed by atoms with Crippen LogP contribution in [0, 0.1) is 5.92 Å². The van der Waals surface area contributed by atoms with Crippen molar-refractivity contribution in [2.45, 2.75) is 27.3 Å². The maximum atomic E-state index is 12.5. The van der Waals surface area contributed by atoms with Crippen LogP contribution in [-0.4, -0.2) is 19.1 Å². The second kappa shape index (κ2) is 9.08. The number of ether oxygens (including phenoxy) is 1. The molecular weight excluding hydrogens is 300 g/mol. The fourth-order valence-corrected chi connectivity index (χ4v) is 2.24. The van der Waals surface area contributed by atoms with Crippen molar-refractivity contribution in [2.24, 2.45) is 5.92 Å². The van der Waals surface area contributed by atoms with E-state index in [1.165, 1.54) is 0 Å². The van der Waals surface area contributed by atoms with E-state index >= 15 is 0 Å². The van der Waals surface area contributed by atoms with Crippen LogP contribution >= 0.6 is 0 Å². The van der Waals surface area contributed by atoms with E-state index in [9.17, 15) is 4.79 Å². The summed E-state index contributed by atoms with van der Waals surface area (Å²) in [5.74, 6) is 1.03. The highest BCUT2D eigenvalue weighted by molar-refractivity contribution is 6.04. The summed E-state index contributed by atoms with van der Waals surface area (Å²) in [5.41, 5.74) is 2.49. The molecule has 0 aromatic heterocycles. The van der Waals surface area contributed by atoms with Gasteiger partial charge in [0.05, 0.1) is 6.61 Å². The number of carbonyl (C=O) groups is 1. The number of hydrogen-bond acceptors (Lipinski definition) is 3. The van der Waals surface area contributed by atoms with Crippen LogP contribution in [0.4, 0.5) is 5.69 Å². The number of amides is 1. The van der Waals surface area contributed by atoms with Gasteiger partial charge >= 0.3 is 0 Å². The van der Waals surface area contributed by atoms with E-state index in [1.807, 2.05) is 36.4 Å². The van der Waals surface area contributed by atoms with Crippen molar-refractivity contribution in [3.05, 3.63) is 59.7 Å². The third-order valence-corrected chi connectivity index (χ3v) is 3.51. The molecule has 128 valence electrons. The van der Waals surface area contributed by atoms with E-state index in [0.717, 1.165) is 30.1 Å². The normalized spacial score (nSPS) is 10.7. The Morgan fingerprint density at radius 2 is 1.92 bits per heavy atom. The maximum Gasteiger partial charge on any atom is 0.255 e. The lowest BCUT2D eigenvalue weighted by Gasteiger charge is -2.13. The highest BCUT2D eigenvalue weighted by Crippen LogP contribution is 2.18. The minimum absolute atomic E-state index is 0.131. The first kappa shape index (κ1) is 18.0.